The second-order valence-corrected chi connectivity index (χ2v) is 14.2. The molecule has 3 heterocycles. The predicted octanol–water partition coefficient (Wildman–Crippen LogP) is 4.76. The van der Waals surface area contributed by atoms with Crippen molar-refractivity contribution in [1.82, 2.24) is 24.2 Å². The average Bonchev–Trinajstić information content (AvgIpc) is 3.32. The molecule has 4 rings (SSSR count). The first-order valence-electron chi connectivity index (χ1n) is 15.9. The second-order valence-electron chi connectivity index (χ2n) is 11.4. The largest absolute Gasteiger partial charge is 0.309 e. The highest BCUT2D eigenvalue weighted by atomic mass is 32.2. The van der Waals surface area contributed by atoms with E-state index in [0.29, 0.717) is 26.7 Å². The van der Waals surface area contributed by atoms with Crippen LogP contribution in [0.3, 0.4) is 0 Å². The SMILES string of the molecule is [2H]C([2H])([2H])N(CC[C@@H](CC(=O)c1nc2cc3c(nc2s1)CC[C@H](C(C)(C)C)C3)c1ccc(NS(=O)(=O)N(C)C)nc1)C([2H])([2H])[2H]. The molecule has 0 bridgehead atoms. The lowest BCUT2D eigenvalue weighted by atomic mass is 9.71. The molecule has 3 aromatic heterocycles. The minimum atomic E-state index is -3.80. The Morgan fingerprint density at radius 2 is 2.03 bits per heavy atom. The molecule has 1 aliphatic rings. The molecule has 0 saturated heterocycles. The van der Waals surface area contributed by atoms with Gasteiger partial charge in [-0.15, -0.1) is 0 Å². The monoisotopic (exact) mass is 578 g/mol. The molecule has 0 amide bonds. The zero-order valence-corrected chi connectivity index (χ0v) is 24.6. The van der Waals surface area contributed by atoms with Gasteiger partial charge in [0.1, 0.15) is 16.2 Å². The Kier molecular flexibility index (Phi) is 6.60. The van der Waals surface area contributed by atoms with Gasteiger partial charge in [0.25, 0.3) is 0 Å². The smallest absolute Gasteiger partial charge is 0.302 e. The Labute approximate surface area is 244 Å². The van der Waals surface area contributed by atoms with Gasteiger partial charge in [-0.1, -0.05) is 38.2 Å². The predicted molar refractivity (Wildman–Crippen MR) is 158 cm³/mol. The number of aryl methyl sites for hydroxylation is 1. The molecule has 0 unspecified atom stereocenters. The summed E-state index contributed by atoms with van der Waals surface area (Å²) >= 11 is 1.21. The van der Waals surface area contributed by atoms with Gasteiger partial charge in [0, 0.05) is 40.6 Å². The Morgan fingerprint density at radius 1 is 1.26 bits per heavy atom. The minimum absolute atomic E-state index is 0.0125. The van der Waals surface area contributed by atoms with E-state index in [-0.39, 0.29) is 41.4 Å². The molecule has 0 saturated carbocycles. The summed E-state index contributed by atoms with van der Waals surface area (Å²) in [7, 11) is -1.06. The normalized spacial score (nSPS) is 19.9. The van der Waals surface area contributed by atoms with Crippen LogP contribution in [0.15, 0.2) is 24.4 Å². The summed E-state index contributed by atoms with van der Waals surface area (Å²) in [6.45, 7) is 0.622. The van der Waals surface area contributed by atoms with Crippen LogP contribution in [0.4, 0.5) is 5.82 Å². The molecular formula is C28H40N6O3S2. The average molecular weight is 579 g/mol. The van der Waals surface area contributed by atoms with E-state index in [1.165, 1.54) is 37.7 Å². The molecule has 0 aliphatic heterocycles. The lowest BCUT2D eigenvalue weighted by Gasteiger charge is -2.34. The van der Waals surface area contributed by atoms with Crippen molar-refractivity contribution in [2.24, 2.45) is 11.3 Å². The van der Waals surface area contributed by atoms with E-state index in [1.54, 1.807) is 6.07 Å². The number of hydrogen-bond donors (Lipinski definition) is 1. The van der Waals surface area contributed by atoms with Crippen LogP contribution < -0.4 is 4.72 Å². The molecule has 9 nitrogen and oxygen atoms in total. The van der Waals surface area contributed by atoms with E-state index in [1.807, 2.05) is 6.07 Å². The number of ketones is 1. The molecule has 3 aromatic rings. The fraction of sp³-hybridized carbons (Fsp3) is 0.571. The number of nitrogens with zero attached hydrogens (tertiary/aromatic N) is 5. The number of pyridine rings is 2. The van der Waals surface area contributed by atoms with Crippen molar-refractivity contribution >= 4 is 43.5 Å². The molecule has 11 heteroatoms. The molecule has 0 aromatic carbocycles. The molecule has 39 heavy (non-hydrogen) atoms. The lowest BCUT2D eigenvalue weighted by molar-refractivity contribution is 0.0970. The zero-order valence-electron chi connectivity index (χ0n) is 29.0. The first-order chi connectivity index (χ1) is 20.6. The van der Waals surface area contributed by atoms with Crippen molar-refractivity contribution in [3.63, 3.8) is 0 Å². The molecular weight excluding hydrogens is 532 g/mol. The van der Waals surface area contributed by atoms with Crippen molar-refractivity contribution in [3.8, 4) is 0 Å². The highest BCUT2D eigenvalue weighted by Gasteiger charge is 2.30. The van der Waals surface area contributed by atoms with Gasteiger partial charge >= 0.3 is 10.2 Å². The maximum atomic E-state index is 13.6. The first-order valence-corrected chi connectivity index (χ1v) is 15.2. The number of aromatic nitrogens is 3. The molecule has 0 radical (unpaired) electrons. The number of anilines is 1. The molecule has 2 atom stereocenters. The van der Waals surface area contributed by atoms with E-state index in [9.17, 15) is 13.2 Å². The summed E-state index contributed by atoms with van der Waals surface area (Å²) < 4.78 is 74.1. The Balaban J connectivity index is 1.61. The van der Waals surface area contributed by atoms with Gasteiger partial charge in [0.15, 0.2) is 10.8 Å². The third-order valence-electron chi connectivity index (χ3n) is 7.32. The van der Waals surface area contributed by atoms with Crippen molar-refractivity contribution in [2.75, 3.05) is 39.3 Å². The summed E-state index contributed by atoms with van der Waals surface area (Å²) in [5.41, 5.74) is 3.54. The fourth-order valence-corrected chi connectivity index (χ4v) is 6.24. The quantitative estimate of drug-likeness (QED) is 0.346. The van der Waals surface area contributed by atoms with Crippen molar-refractivity contribution < 1.29 is 21.4 Å². The van der Waals surface area contributed by atoms with Gasteiger partial charge in [0.05, 0.1) is 0 Å². The summed E-state index contributed by atoms with van der Waals surface area (Å²) in [6, 6.07) is 5.06. The summed E-state index contributed by atoms with van der Waals surface area (Å²) in [4.78, 5) is 28.4. The van der Waals surface area contributed by atoms with Gasteiger partial charge in [-0.05, 0) is 86.7 Å². The Hall–Kier alpha value is -2.47. The van der Waals surface area contributed by atoms with Crippen LogP contribution >= 0.6 is 11.3 Å². The molecule has 0 fully saturated rings. The maximum Gasteiger partial charge on any atom is 0.302 e. The highest BCUT2D eigenvalue weighted by Crippen LogP contribution is 2.38. The number of rotatable bonds is 10. The standard InChI is InChI=1S/C28H40N6O3S2/c1-28(2,3)21-9-10-22-20(14-21)15-23-26(30-22)38-27(31-23)24(35)16-18(12-13-33(4)5)19-8-11-25(29-17-19)32-39(36,37)34(6)7/h8,11,15,17-18,21H,9-10,12-14,16H2,1-7H3,(H,29,32)/t18-,21-/m0/s1/i4D3,5D3. The lowest BCUT2D eigenvalue weighted by Crippen LogP contribution is -2.29. The van der Waals surface area contributed by atoms with Crippen LogP contribution in [-0.2, 0) is 23.1 Å². The van der Waals surface area contributed by atoms with Crippen LogP contribution in [0.25, 0.3) is 10.3 Å². The first kappa shape index (κ1) is 22.2. The second kappa shape index (κ2) is 11.6. The van der Waals surface area contributed by atoms with Gasteiger partial charge < -0.3 is 4.90 Å². The topological polar surface area (TPSA) is 108 Å². The Bertz CT molecular complexity index is 1620. The Morgan fingerprint density at radius 3 is 2.67 bits per heavy atom. The van der Waals surface area contributed by atoms with Crippen LogP contribution in [0.5, 0.6) is 0 Å². The third kappa shape index (κ3) is 7.19. The van der Waals surface area contributed by atoms with Crippen molar-refractivity contribution in [3.05, 3.63) is 46.2 Å². The van der Waals surface area contributed by atoms with Gasteiger partial charge in [0.2, 0.25) is 0 Å². The number of carbonyl (C=O) groups is 1. The van der Waals surface area contributed by atoms with E-state index in [0.717, 1.165) is 34.8 Å². The van der Waals surface area contributed by atoms with Crippen LogP contribution in [-0.4, -0.2) is 72.9 Å². The zero-order chi connectivity index (χ0) is 33.5. The van der Waals surface area contributed by atoms with E-state index >= 15 is 0 Å². The van der Waals surface area contributed by atoms with Gasteiger partial charge in [-0.25, -0.2) is 15.0 Å². The minimum Gasteiger partial charge on any atom is -0.309 e. The van der Waals surface area contributed by atoms with Crippen LogP contribution in [0.1, 0.15) is 80.8 Å². The number of fused-ring (bicyclic) bond motifs is 2. The number of Topliss-reactive ketones (excluding diaryl/α,β-unsaturated/α-hetero) is 1. The van der Waals surface area contributed by atoms with Gasteiger partial charge in [-0.3, -0.25) is 9.52 Å². The fourth-order valence-electron chi connectivity index (χ4n) is 4.78. The number of thiazole rings is 1. The van der Waals surface area contributed by atoms with E-state index in [2.05, 4.69) is 35.5 Å². The summed E-state index contributed by atoms with van der Waals surface area (Å²) in [5, 5.41) is 0.268. The number of nitrogens with one attached hydrogen (secondary N) is 1. The molecule has 0 spiro atoms. The maximum absolute atomic E-state index is 13.6. The van der Waals surface area contributed by atoms with Crippen molar-refractivity contribution in [2.45, 2.75) is 58.8 Å². The number of carbonyl (C=O) groups excluding carboxylic acids is 1. The summed E-state index contributed by atoms with van der Waals surface area (Å²) in [6.07, 6.45) is 4.15. The summed E-state index contributed by atoms with van der Waals surface area (Å²) in [5.74, 6) is -0.344. The molecule has 212 valence electrons. The van der Waals surface area contributed by atoms with Gasteiger partial charge in [-0.2, -0.15) is 12.7 Å². The molecule has 1 aliphatic carbocycles. The third-order valence-corrected chi connectivity index (χ3v) is 9.75. The van der Waals surface area contributed by atoms with Crippen LogP contribution in [0.2, 0.25) is 0 Å². The van der Waals surface area contributed by atoms with E-state index < -0.39 is 30.1 Å². The number of hydrogen-bond acceptors (Lipinski definition) is 8. The van der Waals surface area contributed by atoms with Crippen LogP contribution in [0, 0.1) is 11.3 Å². The highest BCUT2D eigenvalue weighted by molar-refractivity contribution is 7.90. The molecule has 1 N–H and O–H groups in total. The van der Waals surface area contributed by atoms with E-state index in [4.69, 9.17) is 13.2 Å². The van der Waals surface area contributed by atoms with Crippen molar-refractivity contribution in [1.29, 1.82) is 0 Å².